The number of amides is 2. The smallest absolute Gasteiger partial charge is 0.319 e. The summed E-state index contributed by atoms with van der Waals surface area (Å²) in [4.78, 5) is 16.3. The lowest BCUT2D eigenvalue weighted by Gasteiger charge is -2.09. The van der Waals surface area contributed by atoms with Gasteiger partial charge < -0.3 is 24.6 Å². The van der Waals surface area contributed by atoms with Gasteiger partial charge in [-0.2, -0.15) is 4.98 Å². The number of carbonyl (C=O) groups is 1. The van der Waals surface area contributed by atoms with Crippen molar-refractivity contribution in [3.8, 4) is 22.9 Å². The van der Waals surface area contributed by atoms with Crippen LogP contribution in [-0.4, -0.2) is 29.9 Å². The number of urea groups is 1. The second-order valence-electron chi connectivity index (χ2n) is 5.48. The summed E-state index contributed by atoms with van der Waals surface area (Å²) in [6, 6.07) is 14.1. The number of hydrogen-bond acceptors (Lipinski definition) is 6. The molecule has 3 aromatic rings. The predicted octanol–water partition coefficient (Wildman–Crippen LogP) is 3.47. The number of aromatic nitrogens is 2. The van der Waals surface area contributed by atoms with Crippen molar-refractivity contribution in [3.05, 3.63) is 54.4 Å². The highest BCUT2D eigenvalue weighted by molar-refractivity contribution is 5.90. The number of ether oxygens (including phenoxy) is 2. The van der Waals surface area contributed by atoms with E-state index in [1.807, 2.05) is 37.3 Å². The molecule has 0 saturated heterocycles. The molecule has 0 atom stereocenters. The Morgan fingerprint density at radius 3 is 2.67 bits per heavy atom. The largest absolute Gasteiger partial charge is 0.495 e. The number of methoxy groups -OCH3 is 1. The lowest BCUT2D eigenvalue weighted by atomic mass is 10.2. The Hall–Kier alpha value is -3.55. The highest BCUT2D eigenvalue weighted by Crippen LogP contribution is 2.23. The Labute approximate surface area is 156 Å². The van der Waals surface area contributed by atoms with Gasteiger partial charge in [0.25, 0.3) is 0 Å². The molecule has 0 aliphatic rings. The fourth-order valence-corrected chi connectivity index (χ4v) is 2.38. The van der Waals surface area contributed by atoms with Crippen molar-refractivity contribution in [1.82, 2.24) is 15.5 Å². The van der Waals surface area contributed by atoms with E-state index in [1.165, 1.54) is 0 Å². The van der Waals surface area contributed by atoms with E-state index in [1.54, 1.807) is 25.3 Å². The Bertz CT molecular complexity index is 893. The molecule has 0 saturated carbocycles. The summed E-state index contributed by atoms with van der Waals surface area (Å²) in [6.07, 6.45) is 0. The molecule has 2 amide bonds. The van der Waals surface area contributed by atoms with Crippen LogP contribution >= 0.6 is 0 Å². The van der Waals surface area contributed by atoms with Crippen LogP contribution in [0.3, 0.4) is 0 Å². The zero-order valence-electron chi connectivity index (χ0n) is 15.1. The second-order valence-corrected chi connectivity index (χ2v) is 5.48. The molecule has 27 heavy (non-hydrogen) atoms. The summed E-state index contributed by atoms with van der Waals surface area (Å²) < 4.78 is 15.8. The molecule has 8 nitrogen and oxygen atoms in total. The minimum absolute atomic E-state index is 0.102. The lowest BCUT2D eigenvalue weighted by Crippen LogP contribution is -2.28. The van der Waals surface area contributed by atoms with Crippen LogP contribution < -0.4 is 20.1 Å². The number of carbonyl (C=O) groups excluding carboxylic acids is 1. The van der Waals surface area contributed by atoms with E-state index in [4.69, 9.17) is 14.0 Å². The Morgan fingerprint density at radius 1 is 1.15 bits per heavy atom. The van der Waals surface area contributed by atoms with Gasteiger partial charge in [0.15, 0.2) is 0 Å². The maximum atomic E-state index is 12.0. The summed E-state index contributed by atoms with van der Waals surface area (Å²) in [6.45, 7) is 2.63. The average molecular weight is 368 g/mol. The zero-order chi connectivity index (χ0) is 19.1. The van der Waals surface area contributed by atoms with Crippen molar-refractivity contribution in [2.75, 3.05) is 19.0 Å². The van der Waals surface area contributed by atoms with Gasteiger partial charge in [-0.05, 0) is 43.3 Å². The molecule has 1 aromatic heterocycles. The van der Waals surface area contributed by atoms with Crippen molar-refractivity contribution in [1.29, 1.82) is 0 Å². The molecule has 0 aliphatic heterocycles. The Balaban J connectivity index is 1.57. The van der Waals surface area contributed by atoms with E-state index in [-0.39, 0.29) is 6.54 Å². The van der Waals surface area contributed by atoms with Crippen LogP contribution in [0.2, 0.25) is 0 Å². The molecular weight excluding hydrogens is 348 g/mol. The van der Waals surface area contributed by atoms with Gasteiger partial charge in [-0.1, -0.05) is 17.3 Å². The van der Waals surface area contributed by atoms with Crippen LogP contribution in [0.15, 0.2) is 53.1 Å². The Kier molecular flexibility index (Phi) is 5.88. The van der Waals surface area contributed by atoms with Crippen LogP contribution in [0.5, 0.6) is 11.5 Å². The summed E-state index contributed by atoms with van der Waals surface area (Å²) in [5.41, 5.74) is 1.37. The van der Waals surface area contributed by atoms with Crippen LogP contribution in [0, 0.1) is 0 Å². The molecule has 1 heterocycles. The van der Waals surface area contributed by atoms with Crippen LogP contribution in [0.25, 0.3) is 11.4 Å². The summed E-state index contributed by atoms with van der Waals surface area (Å²) in [5.74, 6) is 2.09. The Morgan fingerprint density at radius 2 is 1.93 bits per heavy atom. The van der Waals surface area contributed by atoms with Gasteiger partial charge in [-0.15, -0.1) is 0 Å². The number of para-hydroxylation sites is 2. The van der Waals surface area contributed by atoms with Gasteiger partial charge in [0.1, 0.15) is 11.5 Å². The van der Waals surface area contributed by atoms with Gasteiger partial charge in [-0.25, -0.2) is 4.79 Å². The van der Waals surface area contributed by atoms with Crippen molar-refractivity contribution < 1.29 is 18.8 Å². The fourth-order valence-electron chi connectivity index (χ4n) is 2.38. The van der Waals surface area contributed by atoms with Crippen molar-refractivity contribution in [3.63, 3.8) is 0 Å². The molecule has 8 heteroatoms. The van der Waals surface area contributed by atoms with Crippen LogP contribution in [-0.2, 0) is 6.54 Å². The third-order valence-electron chi connectivity index (χ3n) is 3.65. The number of anilines is 1. The zero-order valence-corrected chi connectivity index (χ0v) is 15.1. The molecule has 0 bridgehead atoms. The van der Waals surface area contributed by atoms with Gasteiger partial charge in [-0.3, -0.25) is 0 Å². The lowest BCUT2D eigenvalue weighted by molar-refractivity contribution is 0.249. The first-order chi connectivity index (χ1) is 13.2. The van der Waals surface area contributed by atoms with E-state index in [2.05, 4.69) is 20.8 Å². The molecule has 0 fully saturated rings. The molecule has 2 aromatic carbocycles. The minimum atomic E-state index is -0.402. The molecule has 3 rings (SSSR count). The molecule has 140 valence electrons. The number of rotatable bonds is 7. The highest BCUT2D eigenvalue weighted by Gasteiger charge is 2.11. The number of hydrogen-bond donors (Lipinski definition) is 2. The van der Waals surface area contributed by atoms with E-state index >= 15 is 0 Å². The van der Waals surface area contributed by atoms with Gasteiger partial charge in [0.2, 0.25) is 11.7 Å². The molecule has 2 N–H and O–H groups in total. The maximum absolute atomic E-state index is 12.0. The van der Waals surface area contributed by atoms with E-state index in [9.17, 15) is 4.79 Å². The molecule has 0 unspecified atom stereocenters. The molecular formula is C19H20N4O4. The van der Waals surface area contributed by atoms with Gasteiger partial charge in [0.05, 0.1) is 25.9 Å². The third-order valence-corrected chi connectivity index (χ3v) is 3.65. The summed E-state index contributed by atoms with van der Waals surface area (Å²) in [5, 5.41) is 9.31. The maximum Gasteiger partial charge on any atom is 0.319 e. The van der Waals surface area contributed by atoms with Gasteiger partial charge in [0, 0.05) is 5.56 Å². The van der Waals surface area contributed by atoms with Gasteiger partial charge >= 0.3 is 6.03 Å². The minimum Gasteiger partial charge on any atom is -0.495 e. The quantitative estimate of drug-likeness (QED) is 0.663. The third kappa shape index (κ3) is 4.75. The first-order valence-electron chi connectivity index (χ1n) is 8.43. The summed E-state index contributed by atoms with van der Waals surface area (Å²) >= 11 is 0. The van der Waals surface area contributed by atoms with Crippen LogP contribution in [0.4, 0.5) is 10.5 Å². The fraction of sp³-hybridized carbons (Fsp3) is 0.211. The van der Waals surface area contributed by atoms with E-state index < -0.39 is 6.03 Å². The second kappa shape index (κ2) is 8.70. The SMILES string of the molecule is CCOc1ccc(-c2noc(CNC(=O)Nc3ccccc3OC)n2)cc1. The van der Waals surface area contributed by atoms with Crippen molar-refractivity contribution in [2.45, 2.75) is 13.5 Å². The predicted molar refractivity (Wildman–Crippen MR) is 99.8 cm³/mol. The normalized spacial score (nSPS) is 10.3. The average Bonchev–Trinajstić information content (AvgIpc) is 3.17. The number of nitrogens with one attached hydrogen (secondary N) is 2. The molecule has 0 radical (unpaired) electrons. The summed E-state index contributed by atoms with van der Waals surface area (Å²) in [7, 11) is 1.54. The van der Waals surface area contributed by atoms with E-state index in [0.29, 0.717) is 29.8 Å². The van der Waals surface area contributed by atoms with Crippen LogP contribution in [0.1, 0.15) is 12.8 Å². The first kappa shape index (κ1) is 18.2. The standard InChI is InChI=1S/C19H20N4O4/c1-3-26-14-10-8-13(9-11-14)18-22-17(27-23-18)12-20-19(24)21-15-6-4-5-7-16(15)25-2/h4-11H,3,12H2,1-2H3,(H2,20,21,24). The molecule has 0 aliphatic carbocycles. The first-order valence-corrected chi connectivity index (χ1v) is 8.43. The topological polar surface area (TPSA) is 98.5 Å². The number of benzene rings is 2. The molecule has 0 spiro atoms. The van der Waals surface area contributed by atoms with Crippen molar-refractivity contribution in [2.24, 2.45) is 0 Å². The monoisotopic (exact) mass is 368 g/mol. The highest BCUT2D eigenvalue weighted by atomic mass is 16.5. The van der Waals surface area contributed by atoms with E-state index in [0.717, 1.165) is 11.3 Å². The van der Waals surface area contributed by atoms with Crippen molar-refractivity contribution >= 4 is 11.7 Å². The number of nitrogens with zero attached hydrogens (tertiary/aromatic N) is 2.